The van der Waals surface area contributed by atoms with E-state index in [4.69, 9.17) is 5.73 Å². The smallest absolute Gasteiger partial charge is 0.255 e. The standard InChI is InChI=1S/C15H19N5O2/c1-19-7-5-10(9-19)15(22)20-6-3-2-4-12(20)13-11(14(16)21)8-17-18-13/h5,7-9,12H,2-4,6H2,1H3,(H2,16,21)(H,17,18). The van der Waals surface area contributed by atoms with Crippen molar-refractivity contribution in [3.8, 4) is 0 Å². The van der Waals surface area contributed by atoms with Crippen LogP contribution in [0.3, 0.4) is 0 Å². The summed E-state index contributed by atoms with van der Waals surface area (Å²) >= 11 is 0. The summed E-state index contributed by atoms with van der Waals surface area (Å²) in [5, 5.41) is 6.77. The number of nitrogens with one attached hydrogen (secondary N) is 1. The summed E-state index contributed by atoms with van der Waals surface area (Å²) in [6.45, 7) is 0.662. The first-order valence-electron chi connectivity index (χ1n) is 7.34. The number of carbonyl (C=O) groups excluding carboxylic acids is 2. The number of likely N-dealkylation sites (tertiary alicyclic amines) is 1. The molecule has 116 valence electrons. The Labute approximate surface area is 128 Å². The maximum absolute atomic E-state index is 12.8. The lowest BCUT2D eigenvalue weighted by atomic mass is 9.96. The number of carbonyl (C=O) groups is 2. The second-order valence-corrected chi connectivity index (χ2v) is 5.64. The predicted molar refractivity (Wildman–Crippen MR) is 80.1 cm³/mol. The minimum absolute atomic E-state index is 0.0321. The van der Waals surface area contributed by atoms with Crippen molar-refractivity contribution in [3.05, 3.63) is 41.5 Å². The number of nitrogens with zero attached hydrogens (tertiary/aromatic N) is 3. The van der Waals surface area contributed by atoms with E-state index in [-0.39, 0.29) is 11.9 Å². The van der Waals surface area contributed by atoms with Gasteiger partial charge in [0.25, 0.3) is 11.8 Å². The van der Waals surface area contributed by atoms with Gasteiger partial charge in [-0.25, -0.2) is 0 Å². The van der Waals surface area contributed by atoms with Gasteiger partial charge in [-0.3, -0.25) is 14.7 Å². The van der Waals surface area contributed by atoms with E-state index in [1.165, 1.54) is 6.20 Å². The number of rotatable bonds is 3. The third-order valence-electron chi connectivity index (χ3n) is 4.11. The van der Waals surface area contributed by atoms with E-state index in [0.29, 0.717) is 23.4 Å². The number of amides is 2. The number of piperidine rings is 1. The van der Waals surface area contributed by atoms with Gasteiger partial charge in [-0.15, -0.1) is 0 Å². The fraction of sp³-hybridized carbons (Fsp3) is 0.400. The molecule has 1 fully saturated rings. The third kappa shape index (κ3) is 2.49. The monoisotopic (exact) mass is 301 g/mol. The molecule has 0 aliphatic carbocycles. The first-order valence-corrected chi connectivity index (χ1v) is 7.34. The second kappa shape index (κ2) is 5.67. The lowest BCUT2D eigenvalue weighted by molar-refractivity contribution is 0.0603. The Morgan fingerprint density at radius 3 is 2.91 bits per heavy atom. The molecule has 7 nitrogen and oxygen atoms in total. The Morgan fingerprint density at radius 1 is 1.41 bits per heavy atom. The highest BCUT2D eigenvalue weighted by molar-refractivity contribution is 5.96. The molecule has 2 aromatic rings. The van der Waals surface area contributed by atoms with Gasteiger partial charge in [0.05, 0.1) is 29.1 Å². The Hall–Kier alpha value is -2.57. The van der Waals surface area contributed by atoms with Crippen LogP contribution in [0, 0.1) is 0 Å². The molecule has 1 aliphatic rings. The van der Waals surface area contributed by atoms with Crippen molar-refractivity contribution in [1.29, 1.82) is 0 Å². The average molecular weight is 301 g/mol. The van der Waals surface area contributed by atoms with E-state index in [0.717, 1.165) is 19.3 Å². The molecule has 3 N–H and O–H groups in total. The van der Waals surface area contributed by atoms with E-state index in [1.807, 2.05) is 17.8 Å². The van der Waals surface area contributed by atoms with Gasteiger partial charge in [-0.1, -0.05) is 0 Å². The first-order chi connectivity index (χ1) is 10.6. The molecule has 0 radical (unpaired) electrons. The summed E-state index contributed by atoms with van der Waals surface area (Å²) in [5.41, 5.74) is 7.04. The van der Waals surface area contributed by atoms with Crippen LogP contribution in [0.5, 0.6) is 0 Å². The molecule has 0 bridgehead atoms. The normalized spacial score (nSPS) is 18.4. The fourth-order valence-corrected chi connectivity index (χ4v) is 3.02. The summed E-state index contributed by atoms with van der Waals surface area (Å²) in [6, 6.07) is 1.61. The Bertz CT molecular complexity index is 702. The van der Waals surface area contributed by atoms with Crippen LogP contribution in [-0.4, -0.2) is 38.0 Å². The van der Waals surface area contributed by atoms with Crippen LogP contribution >= 0.6 is 0 Å². The van der Waals surface area contributed by atoms with Gasteiger partial charge in [-0.05, 0) is 25.3 Å². The second-order valence-electron chi connectivity index (χ2n) is 5.64. The fourth-order valence-electron chi connectivity index (χ4n) is 3.02. The maximum Gasteiger partial charge on any atom is 0.255 e. The topological polar surface area (TPSA) is 97.0 Å². The van der Waals surface area contributed by atoms with Gasteiger partial charge >= 0.3 is 0 Å². The zero-order chi connectivity index (χ0) is 15.7. The average Bonchev–Trinajstić information content (AvgIpc) is 3.15. The molecule has 0 aromatic carbocycles. The van der Waals surface area contributed by atoms with Gasteiger partial charge in [0.2, 0.25) is 0 Å². The van der Waals surface area contributed by atoms with E-state index in [1.54, 1.807) is 17.2 Å². The van der Waals surface area contributed by atoms with Crippen molar-refractivity contribution in [1.82, 2.24) is 19.7 Å². The Kier molecular flexibility index (Phi) is 3.70. The van der Waals surface area contributed by atoms with E-state index >= 15 is 0 Å². The lowest BCUT2D eigenvalue weighted by Crippen LogP contribution is -2.39. The number of hydrogen-bond donors (Lipinski definition) is 2. The predicted octanol–water partition coefficient (Wildman–Crippen LogP) is 1.21. The molecule has 2 aromatic heterocycles. The number of primary amides is 1. The molecule has 22 heavy (non-hydrogen) atoms. The van der Waals surface area contributed by atoms with Crippen molar-refractivity contribution >= 4 is 11.8 Å². The Morgan fingerprint density at radius 2 is 2.23 bits per heavy atom. The highest BCUT2D eigenvalue weighted by atomic mass is 16.2. The first kappa shape index (κ1) is 14.4. The SMILES string of the molecule is Cn1ccc(C(=O)N2CCCCC2c2[nH]ncc2C(N)=O)c1. The molecule has 1 saturated heterocycles. The van der Waals surface area contributed by atoms with E-state index in [2.05, 4.69) is 10.2 Å². The van der Waals surface area contributed by atoms with Crippen LogP contribution in [0.25, 0.3) is 0 Å². The number of aryl methyl sites for hydroxylation is 1. The minimum Gasteiger partial charge on any atom is -0.365 e. The highest BCUT2D eigenvalue weighted by Crippen LogP contribution is 2.32. The largest absolute Gasteiger partial charge is 0.365 e. The molecule has 0 saturated carbocycles. The van der Waals surface area contributed by atoms with Gasteiger partial charge in [0.1, 0.15) is 0 Å². The maximum atomic E-state index is 12.8. The van der Waals surface area contributed by atoms with Crippen molar-refractivity contribution < 1.29 is 9.59 Å². The summed E-state index contributed by atoms with van der Waals surface area (Å²) < 4.78 is 1.84. The molecule has 3 rings (SSSR count). The molecule has 3 heterocycles. The number of aromatic amines is 1. The van der Waals surface area contributed by atoms with Crippen molar-refractivity contribution in [2.24, 2.45) is 12.8 Å². The van der Waals surface area contributed by atoms with Crippen LogP contribution in [0.15, 0.2) is 24.7 Å². The van der Waals surface area contributed by atoms with Crippen molar-refractivity contribution in [2.75, 3.05) is 6.54 Å². The van der Waals surface area contributed by atoms with E-state index in [9.17, 15) is 9.59 Å². The molecule has 1 aliphatic heterocycles. The van der Waals surface area contributed by atoms with E-state index < -0.39 is 5.91 Å². The van der Waals surface area contributed by atoms with Crippen molar-refractivity contribution in [2.45, 2.75) is 25.3 Å². The molecule has 7 heteroatoms. The quantitative estimate of drug-likeness (QED) is 0.891. The van der Waals surface area contributed by atoms with Gasteiger partial charge in [0, 0.05) is 26.0 Å². The molecule has 2 amide bonds. The van der Waals surface area contributed by atoms with Crippen LogP contribution in [-0.2, 0) is 7.05 Å². The molecular weight excluding hydrogens is 282 g/mol. The van der Waals surface area contributed by atoms with Crippen LogP contribution in [0.1, 0.15) is 51.7 Å². The van der Waals surface area contributed by atoms with Crippen molar-refractivity contribution in [3.63, 3.8) is 0 Å². The van der Waals surface area contributed by atoms with Gasteiger partial charge < -0.3 is 15.2 Å². The Balaban J connectivity index is 1.93. The number of H-pyrrole nitrogens is 1. The summed E-state index contributed by atoms with van der Waals surface area (Å²) in [4.78, 5) is 26.1. The van der Waals surface area contributed by atoms with Gasteiger partial charge in [-0.2, -0.15) is 5.10 Å². The molecule has 0 spiro atoms. The van der Waals surface area contributed by atoms with Gasteiger partial charge in [0.15, 0.2) is 0 Å². The van der Waals surface area contributed by atoms with Crippen LogP contribution in [0.2, 0.25) is 0 Å². The molecule has 1 atom stereocenters. The van der Waals surface area contributed by atoms with Crippen LogP contribution < -0.4 is 5.73 Å². The zero-order valence-corrected chi connectivity index (χ0v) is 12.5. The van der Waals surface area contributed by atoms with Crippen LogP contribution in [0.4, 0.5) is 0 Å². The highest BCUT2D eigenvalue weighted by Gasteiger charge is 2.32. The third-order valence-corrected chi connectivity index (χ3v) is 4.11. The summed E-state index contributed by atoms with van der Waals surface area (Å²) in [5.74, 6) is -0.559. The number of hydrogen-bond acceptors (Lipinski definition) is 3. The number of aromatic nitrogens is 3. The molecular formula is C15H19N5O2. The minimum atomic E-state index is -0.526. The summed E-state index contributed by atoms with van der Waals surface area (Å²) in [6.07, 6.45) is 7.82. The lowest BCUT2D eigenvalue weighted by Gasteiger charge is -2.35. The molecule has 1 unspecified atom stereocenters. The number of nitrogens with two attached hydrogens (primary N) is 1. The summed E-state index contributed by atoms with van der Waals surface area (Å²) in [7, 11) is 1.88. The zero-order valence-electron chi connectivity index (χ0n) is 12.5.